The molecule has 0 radical (unpaired) electrons. The highest BCUT2D eigenvalue weighted by molar-refractivity contribution is 5.62. The number of aromatic nitrogens is 4. The third-order valence-electron chi connectivity index (χ3n) is 1.86. The molecule has 70 valence electrons. The van der Waals surface area contributed by atoms with E-state index in [1.807, 2.05) is 17.5 Å². The number of rotatable bonds is 2. The van der Waals surface area contributed by atoms with E-state index in [0.717, 1.165) is 5.82 Å². The van der Waals surface area contributed by atoms with Crippen molar-refractivity contribution >= 4 is 11.5 Å². The molecule has 0 aliphatic carbocycles. The smallest absolute Gasteiger partial charge is 0.203 e. The van der Waals surface area contributed by atoms with E-state index in [-0.39, 0.29) is 0 Å². The molecule has 2 rings (SSSR count). The van der Waals surface area contributed by atoms with Crippen LogP contribution in [0.15, 0.2) is 12.4 Å². The number of fused-ring (bicyclic) bond motifs is 1. The quantitative estimate of drug-likeness (QED) is 0.695. The Morgan fingerprint density at radius 3 is 3.21 bits per heavy atom. The fourth-order valence-corrected chi connectivity index (χ4v) is 1.20. The molecule has 1 N–H and O–H groups in total. The van der Waals surface area contributed by atoms with Crippen molar-refractivity contribution < 1.29 is 0 Å². The van der Waals surface area contributed by atoms with Gasteiger partial charge in [-0.3, -0.25) is 4.40 Å². The normalized spacial score (nSPS) is 10.0. The molecule has 0 aromatic carbocycles. The number of terminal acetylenes is 1. The Hall–Kier alpha value is -2.09. The van der Waals surface area contributed by atoms with Crippen LogP contribution in [-0.4, -0.2) is 26.1 Å². The second kappa shape index (κ2) is 3.34. The van der Waals surface area contributed by atoms with Gasteiger partial charge in [-0.05, 0) is 6.92 Å². The van der Waals surface area contributed by atoms with E-state index in [1.54, 1.807) is 6.20 Å². The first-order valence-corrected chi connectivity index (χ1v) is 4.16. The second-order valence-corrected chi connectivity index (χ2v) is 2.77. The van der Waals surface area contributed by atoms with Crippen molar-refractivity contribution in [2.75, 3.05) is 11.9 Å². The van der Waals surface area contributed by atoms with Gasteiger partial charge in [0, 0.05) is 12.4 Å². The second-order valence-electron chi connectivity index (χ2n) is 2.77. The van der Waals surface area contributed by atoms with Crippen molar-refractivity contribution in [2.24, 2.45) is 0 Å². The molecule has 0 atom stereocenters. The molecule has 0 saturated heterocycles. The lowest BCUT2D eigenvalue weighted by molar-refractivity contribution is 1.00. The third-order valence-corrected chi connectivity index (χ3v) is 1.86. The van der Waals surface area contributed by atoms with Crippen LogP contribution in [0.25, 0.3) is 5.65 Å². The number of hydrogen-bond acceptors (Lipinski definition) is 4. The lowest BCUT2D eigenvalue weighted by Gasteiger charge is -2.01. The van der Waals surface area contributed by atoms with E-state index < -0.39 is 0 Å². The minimum Gasteiger partial charge on any atom is -0.356 e. The Balaban J connectivity index is 2.50. The minimum atomic E-state index is 0.429. The fraction of sp³-hybridized carbons (Fsp3) is 0.222. The van der Waals surface area contributed by atoms with Crippen LogP contribution >= 0.6 is 0 Å². The largest absolute Gasteiger partial charge is 0.356 e. The summed E-state index contributed by atoms with van der Waals surface area (Å²) in [6, 6.07) is 0. The maximum atomic E-state index is 5.14. The van der Waals surface area contributed by atoms with E-state index >= 15 is 0 Å². The first kappa shape index (κ1) is 8.51. The van der Waals surface area contributed by atoms with Crippen LogP contribution in [0.2, 0.25) is 0 Å². The van der Waals surface area contributed by atoms with Crippen LogP contribution in [0, 0.1) is 19.3 Å². The molecular weight excluding hydrogens is 178 g/mol. The van der Waals surface area contributed by atoms with Gasteiger partial charge in [0.15, 0.2) is 5.82 Å². The Morgan fingerprint density at radius 2 is 2.43 bits per heavy atom. The molecule has 5 heteroatoms. The Labute approximate surface area is 81.2 Å². The van der Waals surface area contributed by atoms with Crippen LogP contribution in [0.4, 0.5) is 5.82 Å². The van der Waals surface area contributed by atoms with Crippen molar-refractivity contribution in [3.8, 4) is 12.3 Å². The average Bonchev–Trinajstić information content (AvgIpc) is 2.58. The monoisotopic (exact) mass is 187 g/mol. The zero-order valence-corrected chi connectivity index (χ0v) is 7.73. The van der Waals surface area contributed by atoms with E-state index in [1.165, 1.54) is 0 Å². The van der Waals surface area contributed by atoms with Crippen molar-refractivity contribution in [3.05, 3.63) is 18.2 Å². The van der Waals surface area contributed by atoms with Gasteiger partial charge in [0.25, 0.3) is 0 Å². The van der Waals surface area contributed by atoms with Crippen molar-refractivity contribution in [1.82, 2.24) is 19.6 Å². The molecule has 0 spiro atoms. The number of aryl methyl sites for hydroxylation is 1. The highest BCUT2D eigenvalue weighted by Crippen LogP contribution is 2.10. The first-order chi connectivity index (χ1) is 6.83. The standard InChI is InChI=1S/C9H9N5/c1-3-4-10-8-9-13-12-7(2)14(9)6-5-11-8/h1,5-6H,4H2,2H3,(H,10,11). The summed E-state index contributed by atoms with van der Waals surface area (Å²) in [6.45, 7) is 2.31. The van der Waals surface area contributed by atoms with Gasteiger partial charge in [-0.2, -0.15) is 0 Å². The molecule has 14 heavy (non-hydrogen) atoms. The summed E-state index contributed by atoms with van der Waals surface area (Å²) < 4.78 is 1.85. The van der Waals surface area contributed by atoms with Gasteiger partial charge in [-0.15, -0.1) is 16.6 Å². The van der Waals surface area contributed by atoms with E-state index in [0.29, 0.717) is 18.0 Å². The highest BCUT2D eigenvalue weighted by atomic mass is 15.3. The number of nitrogens with one attached hydrogen (secondary N) is 1. The average molecular weight is 187 g/mol. The SMILES string of the molecule is C#CCNc1nccn2c(C)nnc12. The molecule has 0 amide bonds. The number of hydrogen-bond donors (Lipinski definition) is 1. The van der Waals surface area contributed by atoms with Crippen molar-refractivity contribution in [2.45, 2.75) is 6.92 Å². The zero-order chi connectivity index (χ0) is 9.97. The molecule has 2 aromatic rings. The Kier molecular flexibility index (Phi) is 2.03. The molecular formula is C9H9N5. The predicted octanol–water partition coefficient (Wildman–Crippen LogP) is 0.478. The van der Waals surface area contributed by atoms with Crippen molar-refractivity contribution in [1.29, 1.82) is 0 Å². The molecule has 5 nitrogen and oxygen atoms in total. The predicted molar refractivity (Wildman–Crippen MR) is 52.8 cm³/mol. The van der Waals surface area contributed by atoms with Gasteiger partial charge in [0.1, 0.15) is 5.82 Å². The number of anilines is 1. The van der Waals surface area contributed by atoms with Gasteiger partial charge in [-0.1, -0.05) is 5.92 Å². The lowest BCUT2D eigenvalue weighted by Crippen LogP contribution is -2.03. The van der Waals surface area contributed by atoms with Gasteiger partial charge < -0.3 is 5.32 Å². The topological polar surface area (TPSA) is 55.1 Å². The fourth-order valence-electron chi connectivity index (χ4n) is 1.20. The molecule has 2 aromatic heterocycles. The molecule has 0 aliphatic rings. The number of nitrogens with zero attached hydrogens (tertiary/aromatic N) is 4. The van der Waals surface area contributed by atoms with Gasteiger partial charge in [0.05, 0.1) is 6.54 Å². The summed E-state index contributed by atoms with van der Waals surface area (Å²) in [7, 11) is 0. The molecule has 2 heterocycles. The van der Waals surface area contributed by atoms with Gasteiger partial charge in [-0.25, -0.2) is 4.98 Å². The maximum absolute atomic E-state index is 5.14. The van der Waals surface area contributed by atoms with Gasteiger partial charge in [0.2, 0.25) is 5.65 Å². The van der Waals surface area contributed by atoms with E-state index in [2.05, 4.69) is 26.4 Å². The van der Waals surface area contributed by atoms with Crippen LogP contribution in [0.5, 0.6) is 0 Å². The van der Waals surface area contributed by atoms with E-state index in [9.17, 15) is 0 Å². The highest BCUT2D eigenvalue weighted by Gasteiger charge is 2.05. The van der Waals surface area contributed by atoms with Crippen LogP contribution < -0.4 is 5.32 Å². The maximum Gasteiger partial charge on any atom is 0.203 e. The molecule has 0 unspecified atom stereocenters. The van der Waals surface area contributed by atoms with Crippen LogP contribution in [0.1, 0.15) is 5.82 Å². The summed E-state index contributed by atoms with van der Waals surface area (Å²) in [5, 5.41) is 10.9. The summed E-state index contributed by atoms with van der Waals surface area (Å²) in [5.41, 5.74) is 0.695. The Bertz CT molecular complexity index is 493. The van der Waals surface area contributed by atoms with Crippen molar-refractivity contribution in [3.63, 3.8) is 0 Å². The zero-order valence-electron chi connectivity index (χ0n) is 7.73. The molecule has 0 aliphatic heterocycles. The van der Waals surface area contributed by atoms with E-state index in [4.69, 9.17) is 6.42 Å². The van der Waals surface area contributed by atoms with Crippen LogP contribution in [0.3, 0.4) is 0 Å². The van der Waals surface area contributed by atoms with Gasteiger partial charge >= 0.3 is 0 Å². The summed E-state index contributed by atoms with van der Waals surface area (Å²) >= 11 is 0. The summed E-state index contributed by atoms with van der Waals surface area (Å²) in [5.74, 6) is 3.96. The summed E-state index contributed by atoms with van der Waals surface area (Å²) in [6.07, 6.45) is 8.64. The van der Waals surface area contributed by atoms with Crippen LogP contribution in [-0.2, 0) is 0 Å². The molecule has 0 saturated carbocycles. The Morgan fingerprint density at radius 1 is 1.57 bits per heavy atom. The lowest BCUT2D eigenvalue weighted by atomic mass is 10.5. The first-order valence-electron chi connectivity index (χ1n) is 4.16. The third kappa shape index (κ3) is 1.27. The summed E-state index contributed by atoms with van der Waals surface area (Å²) in [4.78, 5) is 4.13. The molecule has 0 bridgehead atoms. The minimum absolute atomic E-state index is 0.429. The molecule has 0 fully saturated rings.